The molecule has 1 heterocycles. The van der Waals surface area contributed by atoms with Gasteiger partial charge in [-0.25, -0.2) is 9.97 Å². The minimum atomic E-state index is -0.725. The maximum Gasteiger partial charge on any atom is 0.267 e. The molecule has 1 aromatic heterocycles. The van der Waals surface area contributed by atoms with Gasteiger partial charge in [0.25, 0.3) is 5.91 Å². The van der Waals surface area contributed by atoms with Gasteiger partial charge in [-0.2, -0.15) is 0 Å². The highest BCUT2D eigenvalue weighted by Gasteiger charge is 2.14. The Morgan fingerprint density at radius 2 is 1.82 bits per heavy atom. The molecular weight excluding hydrogens is 286 g/mol. The number of nitrogens with one attached hydrogen (secondary N) is 1. The second kappa shape index (κ2) is 6.08. The number of benzene rings is 1. The zero-order chi connectivity index (χ0) is 16.3. The van der Waals surface area contributed by atoms with E-state index >= 15 is 0 Å². The smallest absolute Gasteiger partial charge is 0.267 e. The van der Waals surface area contributed by atoms with Gasteiger partial charge in [-0.05, 0) is 31.2 Å². The average molecular weight is 301 g/mol. The molecule has 8 nitrogen and oxygen atoms in total. The standard InChI is InChI=1S/C14H15N5O3/c1-7(12(15)21)17-11-6-10(13(16)22)18-14(19-11)8-2-4-9(20)5-3-8/h2-7,20H,1H3,(H2,15,21)(H2,16,22)(H,17,18,19). The van der Waals surface area contributed by atoms with Crippen molar-refractivity contribution in [3.05, 3.63) is 36.0 Å². The second-order valence-electron chi connectivity index (χ2n) is 4.64. The van der Waals surface area contributed by atoms with Gasteiger partial charge in [0.15, 0.2) is 5.82 Å². The van der Waals surface area contributed by atoms with E-state index in [1.807, 2.05) is 0 Å². The first kappa shape index (κ1) is 15.2. The number of carbonyl (C=O) groups is 2. The van der Waals surface area contributed by atoms with Crippen LogP contribution in [0.1, 0.15) is 17.4 Å². The number of carbonyl (C=O) groups excluding carboxylic acids is 2. The zero-order valence-corrected chi connectivity index (χ0v) is 11.8. The summed E-state index contributed by atoms with van der Waals surface area (Å²) >= 11 is 0. The quantitative estimate of drug-likeness (QED) is 0.622. The monoisotopic (exact) mass is 301 g/mol. The van der Waals surface area contributed by atoms with Crippen LogP contribution in [-0.2, 0) is 4.79 Å². The van der Waals surface area contributed by atoms with E-state index in [4.69, 9.17) is 11.5 Å². The number of nitrogens with zero attached hydrogens (tertiary/aromatic N) is 2. The van der Waals surface area contributed by atoms with Crippen LogP contribution in [0.5, 0.6) is 5.75 Å². The Kier molecular flexibility index (Phi) is 4.21. The lowest BCUT2D eigenvalue weighted by molar-refractivity contribution is -0.118. The molecule has 1 atom stereocenters. The zero-order valence-electron chi connectivity index (χ0n) is 11.8. The molecule has 0 fully saturated rings. The van der Waals surface area contributed by atoms with Crippen LogP contribution in [0, 0.1) is 0 Å². The Morgan fingerprint density at radius 1 is 1.18 bits per heavy atom. The number of rotatable bonds is 5. The third-order valence-electron chi connectivity index (χ3n) is 2.90. The first-order chi connectivity index (χ1) is 10.4. The summed E-state index contributed by atoms with van der Waals surface area (Å²) in [6.07, 6.45) is 0. The summed E-state index contributed by atoms with van der Waals surface area (Å²) in [6, 6.07) is 6.78. The topological polar surface area (TPSA) is 144 Å². The molecule has 2 rings (SSSR count). The molecule has 2 aromatic rings. The molecule has 0 aliphatic carbocycles. The van der Waals surface area contributed by atoms with Crippen LogP contribution in [-0.4, -0.2) is 32.9 Å². The molecule has 0 bridgehead atoms. The normalized spacial score (nSPS) is 11.7. The number of amides is 2. The van der Waals surface area contributed by atoms with Crippen molar-refractivity contribution in [2.75, 3.05) is 5.32 Å². The van der Waals surface area contributed by atoms with E-state index in [2.05, 4.69) is 15.3 Å². The molecule has 1 aromatic carbocycles. The van der Waals surface area contributed by atoms with Gasteiger partial charge in [-0.1, -0.05) is 0 Å². The average Bonchev–Trinajstić information content (AvgIpc) is 2.47. The molecule has 0 saturated heterocycles. The Balaban J connectivity index is 2.45. The summed E-state index contributed by atoms with van der Waals surface area (Å²) < 4.78 is 0. The predicted molar refractivity (Wildman–Crippen MR) is 79.9 cm³/mol. The summed E-state index contributed by atoms with van der Waals surface area (Å²) in [5.41, 5.74) is 11.0. The van der Waals surface area contributed by atoms with Crippen LogP contribution in [0.3, 0.4) is 0 Å². The SMILES string of the molecule is CC(Nc1cc(C(N)=O)nc(-c2ccc(O)cc2)n1)C(N)=O. The highest BCUT2D eigenvalue weighted by molar-refractivity contribution is 5.92. The molecule has 0 saturated carbocycles. The molecule has 0 spiro atoms. The van der Waals surface area contributed by atoms with E-state index in [-0.39, 0.29) is 23.1 Å². The Labute approximate surface area is 126 Å². The van der Waals surface area contributed by atoms with Crippen LogP contribution in [0.2, 0.25) is 0 Å². The Bertz CT molecular complexity index is 715. The third kappa shape index (κ3) is 3.48. The maximum atomic E-state index is 11.4. The number of phenols is 1. The number of aromatic nitrogens is 2. The van der Waals surface area contributed by atoms with Gasteiger partial charge >= 0.3 is 0 Å². The van der Waals surface area contributed by atoms with Crippen LogP contribution >= 0.6 is 0 Å². The molecule has 8 heteroatoms. The van der Waals surface area contributed by atoms with Gasteiger partial charge in [0, 0.05) is 11.6 Å². The fraction of sp³-hybridized carbons (Fsp3) is 0.143. The molecule has 2 amide bonds. The summed E-state index contributed by atoms with van der Waals surface area (Å²) in [4.78, 5) is 30.8. The van der Waals surface area contributed by atoms with E-state index < -0.39 is 17.9 Å². The Morgan fingerprint density at radius 3 is 2.36 bits per heavy atom. The minimum absolute atomic E-state index is 0.00255. The summed E-state index contributed by atoms with van der Waals surface area (Å²) in [5, 5.41) is 12.1. The number of anilines is 1. The van der Waals surface area contributed by atoms with Gasteiger partial charge in [-0.3, -0.25) is 9.59 Å². The second-order valence-corrected chi connectivity index (χ2v) is 4.64. The number of hydrogen-bond acceptors (Lipinski definition) is 6. The number of phenolic OH excluding ortho intramolecular Hbond substituents is 1. The fourth-order valence-electron chi connectivity index (χ4n) is 1.68. The first-order valence-corrected chi connectivity index (χ1v) is 6.41. The summed E-state index contributed by atoms with van der Waals surface area (Å²) in [6.45, 7) is 1.56. The minimum Gasteiger partial charge on any atom is -0.508 e. The Hall–Kier alpha value is -3.16. The van der Waals surface area contributed by atoms with Crippen LogP contribution in [0.25, 0.3) is 11.4 Å². The van der Waals surface area contributed by atoms with Gasteiger partial charge in [0.05, 0.1) is 0 Å². The lowest BCUT2D eigenvalue weighted by atomic mass is 10.2. The van der Waals surface area contributed by atoms with Crippen molar-refractivity contribution in [1.29, 1.82) is 0 Å². The molecular formula is C14H15N5O3. The number of primary amides is 2. The van der Waals surface area contributed by atoms with Crippen LogP contribution in [0.15, 0.2) is 30.3 Å². The molecule has 114 valence electrons. The predicted octanol–water partition coefficient (Wildman–Crippen LogP) is 0.234. The molecule has 0 aliphatic rings. The van der Waals surface area contributed by atoms with Crippen molar-refractivity contribution >= 4 is 17.6 Å². The number of aromatic hydroxyl groups is 1. The van der Waals surface area contributed by atoms with Crippen molar-refractivity contribution in [3.63, 3.8) is 0 Å². The summed E-state index contributed by atoms with van der Waals surface area (Å²) in [5.74, 6) is -0.716. The van der Waals surface area contributed by atoms with Crippen LogP contribution in [0.4, 0.5) is 5.82 Å². The van der Waals surface area contributed by atoms with E-state index in [1.54, 1.807) is 19.1 Å². The van der Waals surface area contributed by atoms with Crippen molar-refractivity contribution in [2.45, 2.75) is 13.0 Å². The first-order valence-electron chi connectivity index (χ1n) is 6.41. The molecule has 0 radical (unpaired) electrons. The van der Waals surface area contributed by atoms with Crippen molar-refractivity contribution in [3.8, 4) is 17.1 Å². The highest BCUT2D eigenvalue weighted by atomic mass is 16.3. The lowest BCUT2D eigenvalue weighted by Gasteiger charge is -2.12. The maximum absolute atomic E-state index is 11.4. The molecule has 1 unspecified atom stereocenters. The van der Waals surface area contributed by atoms with Crippen molar-refractivity contribution in [2.24, 2.45) is 11.5 Å². The largest absolute Gasteiger partial charge is 0.508 e. The van der Waals surface area contributed by atoms with E-state index in [1.165, 1.54) is 18.2 Å². The number of hydrogen-bond donors (Lipinski definition) is 4. The summed E-state index contributed by atoms with van der Waals surface area (Å²) in [7, 11) is 0. The van der Waals surface area contributed by atoms with E-state index in [0.29, 0.717) is 5.56 Å². The fourth-order valence-corrected chi connectivity index (χ4v) is 1.68. The van der Waals surface area contributed by atoms with Gasteiger partial charge in [0.2, 0.25) is 5.91 Å². The van der Waals surface area contributed by atoms with E-state index in [9.17, 15) is 14.7 Å². The van der Waals surface area contributed by atoms with E-state index in [0.717, 1.165) is 0 Å². The van der Waals surface area contributed by atoms with Gasteiger partial charge in [0.1, 0.15) is 23.3 Å². The van der Waals surface area contributed by atoms with Crippen molar-refractivity contribution < 1.29 is 14.7 Å². The molecule has 6 N–H and O–H groups in total. The third-order valence-corrected chi connectivity index (χ3v) is 2.90. The van der Waals surface area contributed by atoms with Gasteiger partial charge in [-0.15, -0.1) is 0 Å². The van der Waals surface area contributed by atoms with Crippen molar-refractivity contribution in [1.82, 2.24) is 9.97 Å². The molecule has 22 heavy (non-hydrogen) atoms. The molecule has 0 aliphatic heterocycles. The van der Waals surface area contributed by atoms with Gasteiger partial charge < -0.3 is 21.9 Å². The van der Waals surface area contributed by atoms with Crippen LogP contribution < -0.4 is 16.8 Å². The highest BCUT2D eigenvalue weighted by Crippen LogP contribution is 2.21. The number of nitrogens with two attached hydrogens (primary N) is 2. The lowest BCUT2D eigenvalue weighted by Crippen LogP contribution is -2.33.